The van der Waals surface area contributed by atoms with E-state index in [-0.39, 0.29) is 36.5 Å². The lowest BCUT2D eigenvalue weighted by Crippen LogP contribution is -2.43. The molecule has 48 heavy (non-hydrogen) atoms. The molecule has 7 rings (SSSR count). The number of nitrogens with one attached hydrogen (secondary N) is 2. The summed E-state index contributed by atoms with van der Waals surface area (Å²) in [5, 5.41) is 12.4. The van der Waals surface area contributed by atoms with E-state index < -0.39 is 6.29 Å². The monoisotopic (exact) mass is 646 g/mol. The maximum atomic E-state index is 12.8. The number of H-pyrrole nitrogens is 1. The molecule has 4 aromatic carbocycles. The quantitative estimate of drug-likeness (QED) is 0.181. The van der Waals surface area contributed by atoms with Crippen LogP contribution in [0.1, 0.15) is 66.9 Å². The zero-order valence-electron chi connectivity index (χ0n) is 27.2. The Morgan fingerprint density at radius 1 is 0.875 bits per heavy atom. The van der Waals surface area contributed by atoms with Gasteiger partial charge in [0.25, 0.3) is 0 Å². The lowest BCUT2D eigenvalue weighted by Gasteiger charge is -2.40. The number of hydrogen-bond donors (Lipinski definition) is 3. The third-order valence-corrected chi connectivity index (χ3v) is 9.61. The van der Waals surface area contributed by atoms with Crippen LogP contribution in [0.3, 0.4) is 0 Å². The largest absolute Gasteiger partial charge is 0.392 e. The summed E-state index contributed by atoms with van der Waals surface area (Å²) in [6, 6.07) is 32.5. The highest BCUT2D eigenvalue weighted by Gasteiger charge is 2.34. The van der Waals surface area contributed by atoms with Gasteiger partial charge in [0.15, 0.2) is 6.29 Å². The van der Waals surface area contributed by atoms with Crippen LogP contribution >= 0.6 is 0 Å². The summed E-state index contributed by atoms with van der Waals surface area (Å²) in [5.41, 5.74) is 7.89. The Hall–Kier alpha value is -4.54. The van der Waals surface area contributed by atoms with Gasteiger partial charge in [-0.25, -0.2) is 4.79 Å². The van der Waals surface area contributed by atoms with Crippen LogP contribution in [-0.4, -0.2) is 51.2 Å². The topological polar surface area (TPSA) is 109 Å². The molecule has 3 heterocycles. The highest BCUT2D eigenvalue weighted by molar-refractivity contribution is 5.75. The van der Waals surface area contributed by atoms with Crippen LogP contribution < -0.4 is 11.0 Å². The number of aromatic amines is 1. The first kappa shape index (κ1) is 32.0. The molecule has 0 radical (unpaired) electrons. The number of fused-ring (bicyclic) bond motifs is 1. The number of piperidine rings is 1. The summed E-state index contributed by atoms with van der Waals surface area (Å²) < 4.78 is 15.2. The fourth-order valence-corrected chi connectivity index (χ4v) is 7.04. The number of aliphatic hydroxyl groups excluding tert-OH is 1. The van der Waals surface area contributed by atoms with Gasteiger partial charge in [0.1, 0.15) is 0 Å². The van der Waals surface area contributed by atoms with Crippen molar-refractivity contribution in [2.75, 3.05) is 19.6 Å². The second-order valence-electron chi connectivity index (χ2n) is 12.9. The van der Waals surface area contributed by atoms with E-state index in [1.807, 2.05) is 65.2 Å². The summed E-state index contributed by atoms with van der Waals surface area (Å²) in [5.74, 6) is -0.0510. The third kappa shape index (κ3) is 7.15. The zero-order chi connectivity index (χ0) is 33.0. The van der Waals surface area contributed by atoms with Gasteiger partial charge in [-0.3, -0.25) is 9.36 Å². The Balaban J connectivity index is 1.06. The molecule has 1 aromatic heterocycles. The number of likely N-dealkylation sites (tertiary alicyclic amines) is 1. The van der Waals surface area contributed by atoms with Crippen LogP contribution in [0.4, 0.5) is 0 Å². The van der Waals surface area contributed by atoms with Gasteiger partial charge in [0.2, 0.25) is 5.91 Å². The molecule has 0 spiro atoms. The molecule has 2 saturated heterocycles. The number of ether oxygens (including phenoxy) is 2. The molecule has 1 amide bonds. The molecular weight excluding hydrogens is 604 g/mol. The number of carbonyl (C=O) groups excluding carboxylic acids is 1. The van der Waals surface area contributed by atoms with Crippen molar-refractivity contribution in [1.82, 2.24) is 19.8 Å². The predicted octanol–water partition coefficient (Wildman–Crippen LogP) is 6.01. The van der Waals surface area contributed by atoms with Crippen LogP contribution in [-0.2, 0) is 27.4 Å². The molecule has 5 aromatic rings. The fraction of sp³-hybridized carbons (Fsp3) is 0.333. The van der Waals surface area contributed by atoms with Gasteiger partial charge in [0.05, 0.1) is 29.8 Å². The molecule has 0 bridgehead atoms. The van der Waals surface area contributed by atoms with Gasteiger partial charge >= 0.3 is 5.69 Å². The van der Waals surface area contributed by atoms with Gasteiger partial charge in [-0.2, -0.15) is 0 Å². The van der Waals surface area contributed by atoms with E-state index in [9.17, 15) is 14.7 Å². The molecule has 9 nitrogen and oxygen atoms in total. The molecule has 9 heteroatoms. The van der Waals surface area contributed by atoms with E-state index in [0.29, 0.717) is 6.54 Å². The Labute approximate surface area is 280 Å². The summed E-state index contributed by atoms with van der Waals surface area (Å²) in [7, 11) is 0. The fourth-order valence-electron chi connectivity index (χ4n) is 7.04. The van der Waals surface area contributed by atoms with Crippen LogP contribution in [0.15, 0.2) is 102 Å². The van der Waals surface area contributed by atoms with Crippen molar-refractivity contribution in [2.24, 2.45) is 0 Å². The number of nitrogens with zero attached hydrogens (tertiary/aromatic N) is 2. The molecular formula is C39H42N4O5. The number of para-hydroxylation sites is 2. The number of rotatable bonds is 9. The van der Waals surface area contributed by atoms with E-state index in [1.54, 1.807) is 0 Å². The van der Waals surface area contributed by atoms with Crippen molar-refractivity contribution in [3.63, 3.8) is 0 Å². The van der Waals surface area contributed by atoms with E-state index in [4.69, 9.17) is 9.47 Å². The number of amides is 1. The highest BCUT2D eigenvalue weighted by atomic mass is 16.7. The van der Waals surface area contributed by atoms with Crippen molar-refractivity contribution in [2.45, 2.75) is 63.9 Å². The molecule has 0 saturated carbocycles. The smallest absolute Gasteiger partial charge is 0.326 e. The Morgan fingerprint density at radius 3 is 2.38 bits per heavy atom. The minimum absolute atomic E-state index is 0.00326. The Morgan fingerprint density at radius 2 is 1.62 bits per heavy atom. The van der Waals surface area contributed by atoms with Crippen molar-refractivity contribution in [1.29, 1.82) is 0 Å². The molecule has 248 valence electrons. The SMILES string of the molecule is CC(=O)NCc1cccc(-c2ccc([C@H]3O[C@@H](CN4CCC(n5c(=O)[nH]c6ccccc65)CC4)C[C@@H](c4ccc(CO)cc4)O3)cc2)c1. The molecule has 0 aliphatic carbocycles. The number of carbonyl (C=O) groups is 1. The molecule has 2 aliphatic rings. The van der Waals surface area contributed by atoms with E-state index in [2.05, 4.69) is 51.6 Å². The van der Waals surface area contributed by atoms with Gasteiger partial charge in [-0.15, -0.1) is 0 Å². The van der Waals surface area contributed by atoms with Crippen LogP contribution in [0.2, 0.25) is 0 Å². The second-order valence-corrected chi connectivity index (χ2v) is 12.9. The lowest BCUT2D eigenvalue weighted by molar-refractivity contribution is -0.253. The number of aromatic nitrogens is 2. The molecule has 0 unspecified atom stereocenters. The standard InChI is InChI=1S/C39H42N4O5/c1-26(45)40-23-28-5-4-6-32(21-28)29-13-15-31(16-14-29)38-47-34(22-37(48-38)30-11-9-27(25-44)10-12-30)24-42-19-17-33(18-20-42)43-36-8-3-2-7-35(36)41-39(43)46/h2-16,21,33-34,37-38,44H,17-20,22-25H2,1H3,(H,40,45)(H,41,46)/t34-,37+,38+/m1/s1. The first-order chi connectivity index (χ1) is 23.4. The van der Waals surface area contributed by atoms with Gasteiger partial charge in [0, 0.05) is 51.1 Å². The first-order valence-corrected chi connectivity index (χ1v) is 16.8. The third-order valence-electron chi connectivity index (χ3n) is 9.61. The normalized spacial score (nSPS) is 20.6. The van der Waals surface area contributed by atoms with Crippen LogP contribution in [0.25, 0.3) is 22.2 Å². The van der Waals surface area contributed by atoms with Crippen LogP contribution in [0, 0.1) is 0 Å². The summed E-state index contributed by atoms with van der Waals surface area (Å²) in [6.45, 7) is 4.56. The van der Waals surface area contributed by atoms with E-state index >= 15 is 0 Å². The summed E-state index contributed by atoms with van der Waals surface area (Å²) in [6.07, 6.45) is 1.77. The van der Waals surface area contributed by atoms with E-state index in [0.717, 1.165) is 83.3 Å². The first-order valence-electron chi connectivity index (χ1n) is 16.8. The van der Waals surface area contributed by atoms with Crippen molar-refractivity contribution in [3.8, 4) is 11.1 Å². The maximum absolute atomic E-state index is 12.8. The summed E-state index contributed by atoms with van der Waals surface area (Å²) in [4.78, 5) is 29.7. The van der Waals surface area contributed by atoms with Gasteiger partial charge in [-0.05, 0) is 58.9 Å². The molecule has 2 aliphatic heterocycles. The maximum Gasteiger partial charge on any atom is 0.326 e. The minimum Gasteiger partial charge on any atom is -0.392 e. The van der Waals surface area contributed by atoms with E-state index in [1.165, 1.54) is 6.92 Å². The van der Waals surface area contributed by atoms with Crippen LogP contribution in [0.5, 0.6) is 0 Å². The average Bonchev–Trinajstić information content (AvgIpc) is 3.46. The number of hydrogen-bond acceptors (Lipinski definition) is 6. The molecule has 3 N–H and O–H groups in total. The van der Waals surface area contributed by atoms with Crippen molar-refractivity contribution in [3.05, 3.63) is 130 Å². The number of benzene rings is 4. The van der Waals surface area contributed by atoms with Gasteiger partial charge < -0.3 is 29.8 Å². The predicted molar refractivity (Wildman–Crippen MR) is 185 cm³/mol. The average molecular weight is 647 g/mol. The zero-order valence-corrected chi connectivity index (χ0v) is 27.2. The minimum atomic E-state index is -0.534. The Kier molecular flexibility index (Phi) is 9.54. The highest BCUT2D eigenvalue weighted by Crippen LogP contribution is 2.39. The van der Waals surface area contributed by atoms with Gasteiger partial charge in [-0.1, -0.05) is 78.9 Å². The molecule has 2 fully saturated rings. The second kappa shape index (κ2) is 14.3. The number of imidazole rings is 1. The summed E-state index contributed by atoms with van der Waals surface area (Å²) >= 11 is 0. The lowest BCUT2D eigenvalue weighted by atomic mass is 9.98. The Bertz CT molecular complexity index is 1910. The van der Waals surface area contributed by atoms with Crippen molar-refractivity contribution < 1.29 is 19.4 Å². The number of aliphatic hydroxyl groups is 1. The van der Waals surface area contributed by atoms with Crippen molar-refractivity contribution >= 4 is 16.9 Å². The molecule has 3 atom stereocenters.